The van der Waals surface area contributed by atoms with Crippen LogP contribution in [0.4, 0.5) is 0 Å². The molecule has 2 aromatic carbocycles. The predicted molar refractivity (Wildman–Crippen MR) is 102 cm³/mol. The predicted octanol–water partition coefficient (Wildman–Crippen LogP) is 4.24. The summed E-state index contributed by atoms with van der Waals surface area (Å²) < 4.78 is 10.7. The summed E-state index contributed by atoms with van der Waals surface area (Å²) in [6.07, 6.45) is 1.11. The number of halogens is 1. The zero-order chi connectivity index (χ0) is 18.9. The van der Waals surface area contributed by atoms with Gasteiger partial charge in [0.1, 0.15) is 5.76 Å². The Balaban J connectivity index is 1.75. The molecule has 0 amide bonds. The Morgan fingerprint density at radius 2 is 1.85 bits per heavy atom. The SMILES string of the molecule is Cc1ccc2ccccc2c1C[C@H](Cl)[C@H](O)CC1=CC(=O)OC(C)(C)O1. The van der Waals surface area contributed by atoms with Crippen molar-refractivity contribution in [1.82, 2.24) is 0 Å². The normalized spacial score (nSPS) is 18.7. The molecule has 0 radical (unpaired) electrons. The van der Waals surface area contributed by atoms with Gasteiger partial charge in [-0.15, -0.1) is 11.6 Å². The van der Waals surface area contributed by atoms with E-state index in [9.17, 15) is 9.90 Å². The number of hydrogen-bond donors (Lipinski definition) is 1. The number of esters is 1. The number of aliphatic hydroxyl groups excluding tert-OH is 1. The smallest absolute Gasteiger partial charge is 0.337 e. The summed E-state index contributed by atoms with van der Waals surface area (Å²) in [7, 11) is 0. The van der Waals surface area contributed by atoms with Crippen LogP contribution in [0.2, 0.25) is 0 Å². The number of hydrogen-bond acceptors (Lipinski definition) is 4. The summed E-state index contributed by atoms with van der Waals surface area (Å²) in [5.74, 6) is -1.12. The minimum absolute atomic E-state index is 0.163. The first-order chi connectivity index (χ1) is 12.2. The molecule has 4 nitrogen and oxygen atoms in total. The van der Waals surface area contributed by atoms with Crippen molar-refractivity contribution in [2.75, 3.05) is 0 Å². The molecule has 26 heavy (non-hydrogen) atoms. The fraction of sp³-hybridized carbons (Fsp3) is 0.381. The topological polar surface area (TPSA) is 55.8 Å². The molecule has 1 aliphatic rings. The zero-order valence-corrected chi connectivity index (χ0v) is 15.9. The van der Waals surface area contributed by atoms with Crippen LogP contribution in [-0.2, 0) is 20.7 Å². The number of carbonyl (C=O) groups is 1. The lowest BCUT2D eigenvalue weighted by molar-refractivity contribution is -0.206. The molecular formula is C21H23ClO4. The molecule has 138 valence electrons. The summed E-state index contributed by atoms with van der Waals surface area (Å²) >= 11 is 6.52. The molecule has 0 saturated heterocycles. The summed E-state index contributed by atoms with van der Waals surface area (Å²) in [5.41, 5.74) is 2.26. The molecule has 0 spiro atoms. The van der Waals surface area contributed by atoms with E-state index in [0.29, 0.717) is 12.2 Å². The van der Waals surface area contributed by atoms with Gasteiger partial charge in [-0.1, -0.05) is 36.4 Å². The van der Waals surface area contributed by atoms with E-state index in [1.807, 2.05) is 19.1 Å². The Labute approximate surface area is 158 Å². The summed E-state index contributed by atoms with van der Waals surface area (Å²) in [6.45, 7) is 5.35. The van der Waals surface area contributed by atoms with Crippen LogP contribution in [-0.4, -0.2) is 28.3 Å². The largest absolute Gasteiger partial charge is 0.457 e. The van der Waals surface area contributed by atoms with Crippen LogP contribution in [0, 0.1) is 6.92 Å². The summed E-state index contributed by atoms with van der Waals surface area (Å²) in [6, 6.07) is 12.3. The summed E-state index contributed by atoms with van der Waals surface area (Å²) in [5, 5.41) is 12.3. The quantitative estimate of drug-likeness (QED) is 0.628. The van der Waals surface area contributed by atoms with Crippen LogP contribution >= 0.6 is 11.6 Å². The van der Waals surface area contributed by atoms with Crippen molar-refractivity contribution in [3.8, 4) is 0 Å². The molecule has 2 aromatic rings. The van der Waals surface area contributed by atoms with Crippen molar-refractivity contribution < 1.29 is 19.4 Å². The molecule has 0 aromatic heterocycles. The van der Waals surface area contributed by atoms with E-state index < -0.39 is 23.2 Å². The van der Waals surface area contributed by atoms with E-state index in [-0.39, 0.29) is 6.42 Å². The number of alkyl halides is 1. The number of ether oxygens (including phenoxy) is 2. The third-order valence-corrected chi connectivity index (χ3v) is 4.95. The molecule has 0 fully saturated rings. The Hall–Kier alpha value is -2.04. The Bertz CT molecular complexity index is 856. The highest BCUT2D eigenvalue weighted by molar-refractivity contribution is 6.21. The first-order valence-electron chi connectivity index (χ1n) is 8.67. The standard InChI is InChI=1S/C21H23ClO4/c1-13-8-9-14-6-4-5-7-16(14)17(13)12-18(22)19(23)10-15-11-20(24)26-21(2,3)25-15/h4-9,11,18-19,23H,10,12H2,1-3H3/t18-,19+/m0/s1. The van der Waals surface area contributed by atoms with Gasteiger partial charge >= 0.3 is 5.97 Å². The second-order valence-electron chi connectivity index (χ2n) is 7.11. The van der Waals surface area contributed by atoms with Crippen molar-refractivity contribution in [3.63, 3.8) is 0 Å². The second-order valence-corrected chi connectivity index (χ2v) is 7.67. The van der Waals surface area contributed by atoms with E-state index in [1.165, 1.54) is 6.08 Å². The Kier molecular flexibility index (Phi) is 5.26. The van der Waals surface area contributed by atoms with Crippen LogP contribution in [0.1, 0.15) is 31.4 Å². The molecule has 3 rings (SSSR count). The monoisotopic (exact) mass is 374 g/mol. The highest BCUT2D eigenvalue weighted by Crippen LogP contribution is 2.29. The lowest BCUT2D eigenvalue weighted by Gasteiger charge is -2.31. The second kappa shape index (κ2) is 7.29. The third-order valence-electron chi connectivity index (χ3n) is 4.50. The van der Waals surface area contributed by atoms with Gasteiger partial charge in [0.15, 0.2) is 0 Å². The first-order valence-corrected chi connectivity index (χ1v) is 9.11. The molecule has 1 heterocycles. The van der Waals surface area contributed by atoms with Crippen LogP contribution in [0.25, 0.3) is 10.8 Å². The maximum atomic E-state index is 11.6. The molecule has 2 atom stereocenters. The van der Waals surface area contributed by atoms with Gasteiger partial charge in [0, 0.05) is 20.3 Å². The van der Waals surface area contributed by atoms with Crippen molar-refractivity contribution in [1.29, 1.82) is 0 Å². The van der Waals surface area contributed by atoms with E-state index in [0.717, 1.165) is 21.9 Å². The van der Waals surface area contributed by atoms with Gasteiger partial charge in [-0.05, 0) is 35.2 Å². The number of rotatable bonds is 5. The van der Waals surface area contributed by atoms with E-state index >= 15 is 0 Å². The number of benzene rings is 2. The van der Waals surface area contributed by atoms with Crippen molar-refractivity contribution >= 4 is 28.3 Å². The van der Waals surface area contributed by atoms with Gasteiger partial charge in [0.05, 0.1) is 17.6 Å². The maximum Gasteiger partial charge on any atom is 0.337 e. The van der Waals surface area contributed by atoms with E-state index in [1.54, 1.807) is 13.8 Å². The minimum Gasteiger partial charge on any atom is -0.457 e. The Morgan fingerprint density at radius 1 is 1.12 bits per heavy atom. The minimum atomic E-state index is -1.03. The highest BCUT2D eigenvalue weighted by Gasteiger charge is 2.32. The molecule has 0 aliphatic carbocycles. The average molecular weight is 375 g/mol. The molecule has 0 bridgehead atoms. The van der Waals surface area contributed by atoms with E-state index in [4.69, 9.17) is 21.1 Å². The number of cyclic esters (lactones) is 1. The van der Waals surface area contributed by atoms with E-state index in [2.05, 4.69) is 24.3 Å². The lowest BCUT2D eigenvalue weighted by atomic mass is 9.94. The molecule has 1 N–H and O–H groups in total. The van der Waals surface area contributed by atoms with Gasteiger partial charge in [0.2, 0.25) is 5.79 Å². The number of aliphatic hydroxyl groups is 1. The molecule has 0 unspecified atom stereocenters. The molecular weight excluding hydrogens is 352 g/mol. The van der Waals surface area contributed by atoms with Gasteiger partial charge in [-0.2, -0.15) is 0 Å². The van der Waals surface area contributed by atoms with Crippen molar-refractivity contribution in [3.05, 3.63) is 59.4 Å². The van der Waals surface area contributed by atoms with Gasteiger partial charge < -0.3 is 14.6 Å². The molecule has 5 heteroatoms. The first kappa shape index (κ1) is 18.7. The van der Waals surface area contributed by atoms with Crippen molar-refractivity contribution in [2.24, 2.45) is 0 Å². The van der Waals surface area contributed by atoms with Crippen LogP contribution in [0.5, 0.6) is 0 Å². The fourth-order valence-electron chi connectivity index (χ4n) is 3.25. The zero-order valence-electron chi connectivity index (χ0n) is 15.2. The van der Waals surface area contributed by atoms with Crippen LogP contribution < -0.4 is 0 Å². The van der Waals surface area contributed by atoms with Gasteiger partial charge in [0.25, 0.3) is 0 Å². The van der Waals surface area contributed by atoms with Gasteiger partial charge in [-0.25, -0.2) is 4.79 Å². The number of carbonyl (C=O) groups excluding carboxylic acids is 1. The lowest BCUT2D eigenvalue weighted by Crippen LogP contribution is -2.36. The average Bonchev–Trinajstić information content (AvgIpc) is 2.55. The number of aryl methyl sites for hydroxylation is 1. The molecule has 1 aliphatic heterocycles. The molecule has 0 saturated carbocycles. The Morgan fingerprint density at radius 3 is 2.58 bits per heavy atom. The maximum absolute atomic E-state index is 11.6. The van der Waals surface area contributed by atoms with Crippen LogP contribution in [0.15, 0.2) is 48.2 Å². The van der Waals surface area contributed by atoms with Gasteiger partial charge in [-0.3, -0.25) is 0 Å². The summed E-state index contributed by atoms with van der Waals surface area (Å²) in [4.78, 5) is 11.6. The fourth-order valence-corrected chi connectivity index (χ4v) is 3.49. The third kappa shape index (κ3) is 4.19. The highest BCUT2D eigenvalue weighted by atomic mass is 35.5. The van der Waals surface area contributed by atoms with Crippen molar-refractivity contribution in [2.45, 2.75) is 50.9 Å². The van der Waals surface area contributed by atoms with Crippen LogP contribution in [0.3, 0.4) is 0 Å². The number of fused-ring (bicyclic) bond motifs is 1.